The van der Waals surface area contributed by atoms with Gasteiger partial charge in [0.25, 0.3) is 0 Å². The number of carbonyl (C=O) groups excluding carboxylic acids is 1. The third kappa shape index (κ3) is 3.25. The lowest BCUT2D eigenvalue weighted by Gasteiger charge is -2.23. The van der Waals surface area contributed by atoms with Crippen LogP contribution < -0.4 is 0 Å². The third-order valence-corrected chi connectivity index (χ3v) is 4.44. The maximum Gasteiger partial charge on any atom is 0.223 e. The van der Waals surface area contributed by atoms with Crippen LogP contribution in [0.3, 0.4) is 0 Å². The van der Waals surface area contributed by atoms with Crippen LogP contribution in [-0.4, -0.2) is 28.1 Å². The van der Waals surface area contributed by atoms with Crippen LogP contribution in [0.1, 0.15) is 43.5 Å². The molecule has 98 valence electrons. The van der Waals surface area contributed by atoms with Crippen molar-refractivity contribution in [3.63, 3.8) is 0 Å². The maximum absolute atomic E-state index is 12.2. The van der Waals surface area contributed by atoms with Gasteiger partial charge in [-0.2, -0.15) is 0 Å². The van der Waals surface area contributed by atoms with Crippen molar-refractivity contribution in [2.45, 2.75) is 38.0 Å². The summed E-state index contributed by atoms with van der Waals surface area (Å²) in [5.41, 5.74) is 1.14. The summed E-state index contributed by atoms with van der Waals surface area (Å²) < 4.78 is 0. The number of rotatable bonds is 5. The monoisotopic (exact) mass is 264 g/mol. The van der Waals surface area contributed by atoms with E-state index in [1.807, 2.05) is 28.9 Å². The highest BCUT2D eigenvalue weighted by Gasteiger charge is 2.30. The molecule has 4 heteroatoms. The molecule has 1 saturated heterocycles. The normalized spacial score (nSPS) is 19.2. The second-order valence-electron chi connectivity index (χ2n) is 4.55. The Morgan fingerprint density at radius 2 is 2.44 bits per heavy atom. The largest absolute Gasteiger partial charge is 0.326 e. The Morgan fingerprint density at radius 1 is 1.56 bits per heavy atom. The first-order chi connectivity index (χ1) is 8.83. The van der Waals surface area contributed by atoms with Gasteiger partial charge in [-0.25, -0.2) is 0 Å². The van der Waals surface area contributed by atoms with Crippen molar-refractivity contribution >= 4 is 17.7 Å². The molecular weight excluding hydrogens is 244 g/mol. The molecule has 1 unspecified atom stereocenters. The summed E-state index contributed by atoms with van der Waals surface area (Å²) in [5, 5.41) is 0.174. The lowest BCUT2D eigenvalue weighted by molar-refractivity contribution is -0.131. The van der Waals surface area contributed by atoms with Crippen LogP contribution in [0.2, 0.25) is 0 Å². The van der Waals surface area contributed by atoms with Gasteiger partial charge >= 0.3 is 0 Å². The van der Waals surface area contributed by atoms with E-state index in [4.69, 9.17) is 0 Å². The zero-order valence-corrected chi connectivity index (χ0v) is 11.7. The summed E-state index contributed by atoms with van der Waals surface area (Å²) in [4.78, 5) is 18.4. The summed E-state index contributed by atoms with van der Waals surface area (Å²) in [6.45, 7) is 3.03. The minimum Gasteiger partial charge on any atom is -0.326 e. The molecule has 0 N–H and O–H groups in total. The van der Waals surface area contributed by atoms with Gasteiger partial charge in [-0.05, 0) is 12.5 Å². The number of aromatic nitrogens is 1. The van der Waals surface area contributed by atoms with E-state index in [2.05, 4.69) is 18.0 Å². The molecule has 3 nitrogen and oxygen atoms in total. The van der Waals surface area contributed by atoms with E-state index < -0.39 is 0 Å². The van der Waals surface area contributed by atoms with Crippen LogP contribution in [-0.2, 0) is 4.79 Å². The first-order valence-electron chi connectivity index (χ1n) is 6.64. The number of hydrogen-bond donors (Lipinski definition) is 0. The quantitative estimate of drug-likeness (QED) is 0.765. The molecule has 0 spiro atoms. The molecule has 1 aliphatic rings. The Morgan fingerprint density at radius 3 is 3.17 bits per heavy atom. The average molecular weight is 264 g/mol. The Labute approximate surface area is 113 Å². The molecule has 0 aromatic carbocycles. The zero-order chi connectivity index (χ0) is 12.8. The van der Waals surface area contributed by atoms with Crippen LogP contribution in [0, 0.1) is 0 Å². The van der Waals surface area contributed by atoms with Crippen LogP contribution in [0.4, 0.5) is 0 Å². The molecular formula is C14H20N2OS. The second kappa shape index (κ2) is 6.78. The van der Waals surface area contributed by atoms with Gasteiger partial charge in [0, 0.05) is 36.7 Å². The minimum absolute atomic E-state index is 0.174. The van der Waals surface area contributed by atoms with Crippen LogP contribution in [0.5, 0.6) is 0 Å². The SMILES string of the molecule is CCCCCC(=O)N1CCSC1c1cccnc1. The molecule has 0 saturated carbocycles. The number of carbonyl (C=O) groups is 1. The Hall–Kier alpha value is -1.03. The summed E-state index contributed by atoms with van der Waals surface area (Å²) in [5.74, 6) is 1.32. The number of amides is 1. The van der Waals surface area contributed by atoms with Gasteiger partial charge in [0.15, 0.2) is 0 Å². The zero-order valence-electron chi connectivity index (χ0n) is 10.8. The highest BCUT2D eigenvalue weighted by molar-refractivity contribution is 7.99. The molecule has 1 aromatic rings. The van der Waals surface area contributed by atoms with Crippen molar-refractivity contribution in [1.82, 2.24) is 9.88 Å². The van der Waals surface area contributed by atoms with Gasteiger partial charge in [-0.1, -0.05) is 25.8 Å². The van der Waals surface area contributed by atoms with Gasteiger partial charge in [0.2, 0.25) is 5.91 Å². The van der Waals surface area contributed by atoms with E-state index in [0.717, 1.165) is 37.1 Å². The van der Waals surface area contributed by atoms with Crippen LogP contribution >= 0.6 is 11.8 Å². The number of thioether (sulfide) groups is 1. The highest BCUT2D eigenvalue weighted by atomic mass is 32.2. The first kappa shape index (κ1) is 13.4. The molecule has 0 radical (unpaired) electrons. The van der Waals surface area contributed by atoms with Gasteiger partial charge in [0.05, 0.1) is 0 Å². The Kier molecular flexibility index (Phi) is 5.05. The van der Waals surface area contributed by atoms with Crippen molar-refractivity contribution in [2.24, 2.45) is 0 Å². The number of nitrogens with zero attached hydrogens (tertiary/aromatic N) is 2. The van der Waals surface area contributed by atoms with E-state index in [-0.39, 0.29) is 5.37 Å². The fourth-order valence-corrected chi connectivity index (χ4v) is 3.45. The van der Waals surface area contributed by atoms with E-state index in [0.29, 0.717) is 12.3 Å². The van der Waals surface area contributed by atoms with Gasteiger partial charge < -0.3 is 4.90 Å². The fourth-order valence-electron chi connectivity index (χ4n) is 2.19. The molecule has 2 rings (SSSR count). The number of unbranched alkanes of at least 4 members (excludes halogenated alkanes) is 2. The van der Waals surface area contributed by atoms with Crippen molar-refractivity contribution in [3.8, 4) is 0 Å². The smallest absolute Gasteiger partial charge is 0.223 e. The van der Waals surface area contributed by atoms with Crippen LogP contribution in [0.25, 0.3) is 0 Å². The molecule has 1 atom stereocenters. The molecule has 2 heterocycles. The molecule has 1 amide bonds. The average Bonchev–Trinajstić information content (AvgIpc) is 2.89. The lowest BCUT2D eigenvalue weighted by Crippen LogP contribution is -2.30. The topological polar surface area (TPSA) is 33.2 Å². The predicted molar refractivity (Wildman–Crippen MR) is 75.3 cm³/mol. The molecule has 1 fully saturated rings. The number of pyridine rings is 1. The predicted octanol–water partition coefficient (Wildman–Crippen LogP) is 3.24. The Balaban J connectivity index is 1.97. The fraction of sp³-hybridized carbons (Fsp3) is 0.571. The van der Waals surface area contributed by atoms with Crippen molar-refractivity contribution in [3.05, 3.63) is 30.1 Å². The third-order valence-electron chi connectivity index (χ3n) is 3.18. The first-order valence-corrected chi connectivity index (χ1v) is 7.69. The second-order valence-corrected chi connectivity index (χ2v) is 5.74. The molecule has 0 aliphatic carbocycles. The van der Waals surface area contributed by atoms with Crippen molar-refractivity contribution in [1.29, 1.82) is 0 Å². The maximum atomic E-state index is 12.2. The molecule has 0 bridgehead atoms. The lowest BCUT2D eigenvalue weighted by atomic mass is 10.2. The highest BCUT2D eigenvalue weighted by Crippen LogP contribution is 2.37. The summed E-state index contributed by atoms with van der Waals surface area (Å²) in [7, 11) is 0. The van der Waals surface area contributed by atoms with Gasteiger partial charge in [0.1, 0.15) is 5.37 Å². The van der Waals surface area contributed by atoms with Gasteiger partial charge in [-0.3, -0.25) is 9.78 Å². The molecule has 1 aromatic heterocycles. The standard InChI is InChI=1S/C14H20N2OS/c1-2-3-4-7-13(17)16-9-10-18-14(16)12-6-5-8-15-11-12/h5-6,8,11,14H,2-4,7,9-10H2,1H3. The molecule has 1 aliphatic heterocycles. The van der Waals surface area contributed by atoms with E-state index in [1.165, 1.54) is 0 Å². The summed E-state index contributed by atoms with van der Waals surface area (Å²) >= 11 is 1.84. The van der Waals surface area contributed by atoms with E-state index in [9.17, 15) is 4.79 Å². The van der Waals surface area contributed by atoms with Crippen molar-refractivity contribution in [2.75, 3.05) is 12.3 Å². The summed E-state index contributed by atoms with van der Waals surface area (Å²) in [6, 6.07) is 4.00. The minimum atomic E-state index is 0.174. The van der Waals surface area contributed by atoms with Crippen LogP contribution in [0.15, 0.2) is 24.5 Å². The van der Waals surface area contributed by atoms with E-state index in [1.54, 1.807) is 6.20 Å². The van der Waals surface area contributed by atoms with E-state index >= 15 is 0 Å². The van der Waals surface area contributed by atoms with Gasteiger partial charge in [-0.15, -0.1) is 11.8 Å². The van der Waals surface area contributed by atoms with Crippen molar-refractivity contribution < 1.29 is 4.79 Å². The number of hydrogen-bond acceptors (Lipinski definition) is 3. The Bertz CT molecular complexity index is 383. The summed E-state index contributed by atoms with van der Waals surface area (Å²) in [6.07, 6.45) is 7.64. The molecule has 18 heavy (non-hydrogen) atoms.